The number of ether oxygens (including phenoxy) is 1. The van der Waals surface area contributed by atoms with Crippen molar-refractivity contribution < 1.29 is 22.7 Å². The maximum atomic E-state index is 13.6. The third kappa shape index (κ3) is 5.97. The van der Waals surface area contributed by atoms with Crippen LogP contribution in [0.4, 0.5) is 22.2 Å². The minimum Gasteiger partial charge on any atom is -0.444 e. The lowest BCUT2D eigenvalue weighted by molar-refractivity contribution is -0.119. The quantitative estimate of drug-likeness (QED) is 0.458. The smallest absolute Gasteiger partial charge is 0.410 e. The average Bonchev–Trinajstić information content (AvgIpc) is 3.46. The number of rotatable bonds is 5. The van der Waals surface area contributed by atoms with Crippen molar-refractivity contribution in [1.29, 1.82) is 0 Å². The van der Waals surface area contributed by atoms with Crippen LogP contribution >= 0.6 is 0 Å². The highest BCUT2D eigenvalue weighted by Gasteiger charge is 2.51. The van der Waals surface area contributed by atoms with Gasteiger partial charge in [0.05, 0.1) is 10.1 Å². The molecule has 4 aliphatic rings. The van der Waals surface area contributed by atoms with Crippen LogP contribution in [0.1, 0.15) is 89.7 Å². The summed E-state index contributed by atoms with van der Waals surface area (Å²) in [6, 6.07) is 5.36. The fraction of sp³-hybridized carbons (Fsp3) is 0.625. The van der Waals surface area contributed by atoms with E-state index in [2.05, 4.69) is 10.3 Å². The van der Waals surface area contributed by atoms with Crippen LogP contribution in [-0.4, -0.2) is 65.3 Å². The van der Waals surface area contributed by atoms with Gasteiger partial charge in [0.25, 0.3) is 0 Å². The second-order valence-electron chi connectivity index (χ2n) is 13.9. The number of hydrogen-bond acceptors (Lipinski definition) is 8. The van der Waals surface area contributed by atoms with E-state index in [-0.39, 0.29) is 23.5 Å². The molecule has 2 aliphatic carbocycles. The van der Waals surface area contributed by atoms with E-state index in [0.29, 0.717) is 55.4 Å². The molecule has 11 heteroatoms. The third-order valence-electron chi connectivity index (χ3n) is 9.65. The molecule has 3 fully saturated rings. The minimum absolute atomic E-state index is 0.0235. The number of sulfone groups is 1. The lowest BCUT2D eigenvalue weighted by atomic mass is 9.63. The zero-order valence-corrected chi connectivity index (χ0v) is 26.5. The van der Waals surface area contributed by atoms with Gasteiger partial charge in [-0.1, -0.05) is 12.8 Å². The van der Waals surface area contributed by atoms with Crippen molar-refractivity contribution in [2.24, 2.45) is 5.41 Å². The molecular formula is C32H43N5O5S. The predicted octanol–water partition coefficient (Wildman–Crippen LogP) is 5.70. The number of likely N-dealkylation sites (tertiary alicyclic amines) is 1. The number of carbonyl (C=O) groups excluding carboxylic acids is 2. The Hall–Kier alpha value is -3.21. The lowest BCUT2D eigenvalue weighted by Crippen LogP contribution is -2.53. The third-order valence-corrected chi connectivity index (χ3v) is 11.8. The first-order chi connectivity index (χ1) is 20.3. The molecular weight excluding hydrogens is 566 g/mol. The summed E-state index contributed by atoms with van der Waals surface area (Å²) < 4.78 is 32.7. The maximum Gasteiger partial charge on any atom is 0.410 e. The molecule has 10 nitrogen and oxygen atoms in total. The van der Waals surface area contributed by atoms with E-state index in [1.807, 2.05) is 32.6 Å². The number of fused-ring (bicyclic) bond motifs is 1. The highest BCUT2D eigenvalue weighted by Crippen LogP contribution is 2.53. The van der Waals surface area contributed by atoms with E-state index in [0.717, 1.165) is 55.3 Å². The fourth-order valence-electron chi connectivity index (χ4n) is 7.15. The van der Waals surface area contributed by atoms with Crippen molar-refractivity contribution in [3.8, 4) is 0 Å². The van der Waals surface area contributed by atoms with Gasteiger partial charge in [-0.2, -0.15) is 4.98 Å². The molecule has 2 aromatic rings. The first-order valence-electron chi connectivity index (χ1n) is 15.6. The topological polar surface area (TPSA) is 122 Å². The number of hydrogen-bond donors (Lipinski definition) is 1. The Balaban J connectivity index is 1.10. The Bertz CT molecular complexity index is 1510. The number of carbonyl (C=O) groups is 2. The number of aryl methyl sites for hydroxylation is 2. The van der Waals surface area contributed by atoms with Crippen molar-refractivity contribution in [3.05, 3.63) is 35.5 Å². The molecule has 6 rings (SSSR count). The Morgan fingerprint density at radius 1 is 1.09 bits per heavy atom. The van der Waals surface area contributed by atoms with Gasteiger partial charge < -0.3 is 15.0 Å². The number of anilines is 3. The molecule has 2 saturated carbocycles. The SMILES string of the molecule is Cc1cc(S(=O)(=O)C2CC3(CCN(C(=O)OC(C)(C)C)CC3)C2)ccc1Nc1ncc2c(n1)N(C1CCCC1)C(=O)CC2. The maximum absolute atomic E-state index is 13.6. The number of piperidine rings is 1. The van der Waals surface area contributed by atoms with Gasteiger partial charge in [0.2, 0.25) is 11.9 Å². The lowest BCUT2D eigenvalue weighted by Gasteiger charge is -2.51. The fourth-order valence-corrected chi connectivity index (χ4v) is 9.28. The summed E-state index contributed by atoms with van der Waals surface area (Å²) in [4.78, 5) is 38.5. The van der Waals surface area contributed by atoms with Gasteiger partial charge in [-0.25, -0.2) is 18.2 Å². The van der Waals surface area contributed by atoms with Crippen LogP contribution in [0.3, 0.4) is 0 Å². The second-order valence-corrected chi connectivity index (χ2v) is 16.1. The zero-order valence-electron chi connectivity index (χ0n) is 25.7. The van der Waals surface area contributed by atoms with Gasteiger partial charge in [0, 0.05) is 43.0 Å². The highest BCUT2D eigenvalue weighted by molar-refractivity contribution is 7.92. The van der Waals surface area contributed by atoms with Gasteiger partial charge in [-0.15, -0.1) is 0 Å². The minimum atomic E-state index is -3.49. The van der Waals surface area contributed by atoms with Gasteiger partial charge in [0.15, 0.2) is 9.84 Å². The molecule has 0 unspecified atom stereocenters. The summed E-state index contributed by atoms with van der Waals surface area (Å²) >= 11 is 0. The zero-order chi connectivity index (χ0) is 30.6. The normalized spacial score (nSPS) is 21.1. The molecule has 0 bridgehead atoms. The number of nitrogens with zero attached hydrogens (tertiary/aromatic N) is 4. The summed E-state index contributed by atoms with van der Waals surface area (Å²) in [6.07, 6.45) is 9.73. The largest absolute Gasteiger partial charge is 0.444 e. The molecule has 3 heterocycles. The predicted molar refractivity (Wildman–Crippen MR) is 164 cm³/mol. The van der Waals surface area contributed by atoms with Crippen molar-refractivity contribution in [3.63, 3.8) is 0 Å². The summed E-state index contributed by atoms with van der Waals surface area (Å²) in [5.74, 6) is 1.23. The Kier molecular flexibility index (Phi) is 7.67. The number of aromatic nitrogens is 2. The van der Waals surface area contributed by atoms with Crippen molar-refractivity contribution in [2.75, 3.05) is 23.3 Å². The van der Waals surface area contributed by atoms with Crippen molar-refractivity contribution >= 4 is 39.3 Å². The molecule has 1 spiro atoms. The van der Waals surface area contributed by atoms with E-state index in [1.165, 1.54) is 0 Å². The van der Waals surface area contributed by atoms with Crippen LogP contribution in [0, 0.1) is 12.3 Å². The molecule has 0 radical (unpaired) electrons. The van der Waals surface area contributed by atoms with Gasteiger partial charge in [-0.05, 0) is 102 Å². The molecule has 2 amide bonds. The number of amides is 2. The average molecular weight is 610 g/mol. The van der Waals surface area contributed by atoms with E-state index >= 15 is 0 Å². The second kappa shape index (κ2) is 11.1. The van der Waals surface area contributed by atoms with Gasteiger partial charge in [0.1, 0.15) is 11.4 Å². The van der Waals surface area contributed by atoms with Crippen LogP contribution < -0.4 is 10.2 Å². The van der Waals surface area contributed by atoms with Crippen LogP contribution in [0.25, 0.3) is 0 Å². The first-order valence-corrected chi connectivity index (χ1v) is 17.2. The van der Waals surface area contributed by atoms with E-state index in [1.54, 1.807) is 29.3 Å². The van der Waals surface area contributed by atoms with E-state index < -0.39 is 20.7 Å². The van der Waals surface area contributed by atoms with Gasteiger partial charge in [-0.3, -0.25) is 9.69 Å². The molecule has 43 heavy (non-hydrogen) atoms. The summed E-state index contributed by atoms with van der Waals surface area (Å²) in [6.45, 7) is 8.64. The molecule has 1 saturated heterocycles. The summed E-state index contributed by atoms with van der Waals surface area (Å²) in [5.41, 5.74) is 1.95. The van der Waals surface area contributed by atoms with Crippen LogP contribution in [0.5, 0.6) is 0 Å². The van der Waals surface area contributed by atoms with Crippen LogP contribution in [0.15, 0.2) is 29.3 Å². The molecule has 0 atom stereocenters. The van der Waals surface area contributed by atoms with Crippen LogP contribution in [-0.2, 0) is 25.8 Å². The van der Waals surface area contributed by atoms with E-state index in [4.69, 9.17) is 9.72 Å². The standard InChI is InChI=1S/C32H43N5O5S/c1-21-17-24(43(40,41)25-18-32(19-25)13-15-36(16-14-32)30(39)42-31(2,3)4)10-11-26(21)34-29-33-20-22-9-12-27(38)37(28(22)35-29)23-7-5-6-8-23/h10-11,17,20,23,25H,5-9,12-16,18-19H2,1-4H3,(H,33,34,35). The molecule has 1 aromatic carbocycles. The molecule has 2 aliphatic heterocycles. The summed E-state index contributed by atoms with van der Waals surface area (Å²) in [7, 11) is -3.49. The summed E-state index contributed by atoms with van der Waals surface area (Å²) in [5, 5.41) is 2.85. The molecule has 232 valence electrons. The Labute approximate surface area is 254 Å². The molecule has 1 aromatic heterocycles. The van der Waals surface area contributed by atoms with Gasteiger partial charge >= 0.3 is 6.09 Å². The number of benzene rings is 1. The van der Waals surface area contributed by atoms with Crippen molar-refractivity contribution in [2.45, 2.75) is 114 Å². The highest BCUT2D eigenvalue weighted by atomic mass is 32.2. The number of nitrogens with one attached hydrogen (secondary N) is 1. The molecule has 1 N–H and O–H groups in total. The first kappa shape index (κ1) is 29.8. The van der Waals surface area contributed by atoms with E-state index in [9.17, 15) is 18.0 Å². The monoisotopic (exact) mass is 609 g/mol. The Morgan fingerprint density at radius 3 is 2.44 bits per heavy atom. The Morgan fingerprint density at radius 2 is 1.79 bits per heavy atom. The van der Waals surface area contributed by atoms with Crippen LogP contribution in [0.2, 0.25) is 0 Å². The van der Waals surface area contributed by atoms with Crippen molar-refractivity contribution in [1.82, 2.24) is 14.9 Å².